The summed E-state index contributed by atoms with van der Waals surface area (Å²) in [6.07, 6.45) is -1.76. The number of aryl methyl sites for hydroxylation is 2. The zero-order valence-electron chi connectivity index (χ0n) is 21.2. The van der Waals surface area contributed by atoms with Gasteiger partial charge < -0.3 is 19.9 Å². The molecule has 1 aromatic carbocycles. The van der Waals surface area contributed by atoms with Gasteiger partial charge in [-0.1, -0.05) is 6.07 Å². The van der Waals surface area contributed by atoms with Crippen molar-refractivity contribution < 1.29 is 22.7 Å². The molecule has 0 atom stereocenters. The maximum atomic E-state index is 12.7. The smallest absolute Gasteiger partial charge is 0.422 e. The Labute approximate surface area is 221 Å². The van der Waals surface area contributed by atoms with Crippen molar-refractivity contribution in [2.24, 2.45) is 0 Å². The second-order valence-corrected chi connectivity index (χ2v) is 9.09. The first-order valence-electron chi connectivity index (χ1n) is 11.7. The van der Waals surface area contributed by atoms with E-state index in [1.54, 1.807) is 26.4 Å². The van der Waals surface area contributed by atoms with Gasteiger partial charge in [0.2, 0.25) is 0 Å². The molecule has 0 unspecified atom stereocenters. The summed E-state index contributed by atoms with van der Waals surface area (Å²) in [5, 5.41) is 3.29. The molecule has 1 aromatic heterocycles. The molecular weight excluding hydrogens is 539 g/mol. The van der Waals surface area contributed by atoms with Gasteiger partial charge in [-0.3, -0.25) is 9.69 Å². The van der Waals surface area contributed by atoms with Crippen molar-refractivity contribution >= 4 is 34.4 Å². The number of carbonyl (C=O) groups is 1. The lowest BCUT2D eigenvalue weighted by Crippen LogP contribution is -2.47. The van der Waals surface area contributed by atoms with Gasteiger partial charge >= 0.3 is 6.18 Å². The number of hydrogen-bond donors (Lipinski definition) is 1. The highest BCUT2D eigenvalue weighted by Gasteiger charge is 2.29. The summed E-state index contributed by atoms with van der Waals surface area (Å²) in [4.78, 5) is 22.8. The van der Waals surface area contributed by atoms with E-state index >= 15 is 0 Å². The molecule has 0 bridgehead atoms. The van der Waals surface area contributed by atoms with Crippen LogP contribution in [0.1, 0.15) is 27.9 Å². The molecule has 1 N–H and O–H groups in total. The minimum absolute atomic E-state index is 0. The van der Waals surface area contributed by atoms with E-state index < -0.39 is 12.8 Å². The summed E-state index contributed by atoms with van der Waals surface area (Å²) < 4.78 is 43.1. The van der Waals surface area contributed by atoms with Gasteiger partial charge in [0.05, 0.1) is 11.3 Å². The second-order valence-electron chi connectivity index (χ2n) is 9.09. The average molecular weight is 574 g/mol. The van der Waals surface area contributed by atoms with E-state index in [1.165, 1.54) is 4.90 Å². The van der Waals surface area contributed by atoms with Crippen LogP contribution in [0.4, 0.5) is 24.7 Å². The SMILES string of the molecule is Br.Cc1ccc(N2CCN(CCCNc3ncc(C)cc3C(=O)N(C)C)CC2)c(OCC(F)(F)F)c1. The number of amides is 1. The van der Waals surface area contributed by atoms with E-state index in [4.69, 9.17) is 4.74 Å². The number of piperazine rings is 1. The van der Waals surface area contributed by atoms with Crippen molar-refractivity contribution in [3.63, 3.8) is 0 Å². The minimum atomic E-state index is -4.37. The summed E-state index contributed by atoms with van der Waals surface area (Å²) in [6.45, 7) is 7.02. The number of benzene rings is 1. The highest BCUT2D eigenvalue weighted by atomic mass is 79.9. The van der Waals surface area contributed by atoms with Crippen molar-refractivity contribution in [2.45, 2.75) is 26.4 Å². The monoisotopic (exact) mass is 573 g/mol. The molecule has 0 spiro atoms. The van der Waals surface area contributed by atoms with Crippen LogP contribution in [0.3, 0.4) is 0 Å². The highest BCUT2D eigenvalue weighted by Crippen LogP contribution is 2.31. The highest BCUT2D eigenvalue weighted by molar-refractivity contribution is 8.93. The van der Waals surface area contributed by atoms with E-state index in [0.717, 1.165) is 37.2 Å². The maximum Gasteiger partial charge on any atom is 0.422 e. The van der Waals surface area contributed by atoms with E-state index in [1.807, 2.05) is 32.0 Å². The maximum absolute atomic E-state index is 12.7. The summed E-state index contributed by atoms with van der Waals surface area (Å²) in [5.74, 6) is 0.771. The van der Waals surface area contributed by atoms with Gasteiger partial charge in [0, 0.05) is 53.0 Å². The number of pyridine rings is 1. The van der Waals surface area contributed by atoms with Gasteiger partial charge in [-0.25, -0.2) is 4.98 Å². The van der Waals surface area contributed by atoms with Crippen LogP contribution < -0.4 is 15.0 Å². The Morgan fingerprint density at radius 2 is 1.81 bits per heavy atom. The molecule has 1 saturated heterocycles. The summed E-state index contributed by atoms with van der Waals surface area (Å²) in [7, 11) is 3.44. The predicted octanol–water partition coefficient (Wildman–Crippen LogP) is 4.54. The first-order chi connectivity index (χ1) is 16.5. The molecule has 11 heteroatoms. The Morgan fingerprint density at radius 3 is 2.44 bits per heavy atom. The molecule has 1 aliphatic rings. The zero-order chi connectivity index (χ0) is 25.6. The standard InChI is InChI=1S/C25H34F3N5O2.BrH/c1-18-6-7-21(22(15-18)35-17-25(26,27)28)33-12-10-32(11-13-33)9-5-8-29-23-20(24(34)31(3)4)14-19(2)16-30-23;/h6-7,14-16H,5,8-13,17H2,1-4H3,(H,29,30);1H. The molecule has 2 aromatic rings. The lowest BCUT2D eigenvalue weighted by molar-refractivity contribution is -0.153. The Bertz CT molecular complexity index is 1010. The number of carbonyl (C=O) groups excluding carboxylic acids is 1. The van der Waals surface area contributed by atoms with Crippen molar-refractivity contribution in [1.29, 1.82) is 0 Å². The molecule has 7 nitrogen and oxygen atoms in total. The number of rotatable bonds is 9. The normalized spacial score (nSPS) is 14.2. The number of hydrogen-bond acceptors (Lipinski definition) is 6. The number of alkyl halides is 3. The first-order valence-corrected chi connectivity index (χ1v) is 11.7. The Morgan fingerprint density at radius 1 is 1.11 bits per heavy atom. The van der Waals surface area contributed by atoms with Crippen LogP contribution in [0.2, 0.25) is 0 Å². The van der Waals surface area contributed by atoms with Gasteiger partial charge in [-0.15, -0.1) is 17.0 Å². The van der Waals surface area contributed by atoms with Gasteiger partial charge in [0.1, 0.15) is 11.6 Å². The lowest BCUT2D eigenvalue weighted by atomic mass is 10.1. The zero-order valence-corrected chi connectivity index (χ0v) is 22.9. The van der Waals surface area contributed by atoms with E-state index in [-0.39, 0.29) is 28.6 Å². The van der Waals surface area contributed by atoms with Crippen LogP contribution in [0, 0.1) is 13.8 Å². The Kier molecular flexibility index (Phi) is 10.8. The fourth-order valence-electron chi connectivity index (χ4n) is 3.99. The summed E-state index contributed by atoms with van der Waals surface area (Å²) in [5.41, 5.74) is 3.05. The minimum Gasteiger partial charge on any atom is -0.482 e. The number of anilines is 2. The number of nitrogens with one attached hydrogen (secondary N) is 1. The van der Waals surface area contributed by atoms with Gasteiger partial charge in [0.15, 0.2) is 6.61 Å². The summed E-state index contributed by atoms with van der Waals surface area (Å²) in [6, 6.07) is 7.23. The van der Waals surface area contributed by atoms with Gasteiger partial charge in [-0.05, 0) is 56.1 Å². The van der Waals surface area contributed by atoms with E-state index in [0.29, 0.717) is 36.7 Å². The molecule has 3 rings (SSSR count). The van der Waals surface area contributed by atoms with E-state index in [2.05, 4.69) is 20.1 Å². The van der Waals surface area contributed by atoms with Crippen LogP contribution in [0.5, 0.6) is 5.75 Å². The quantitative estimate of drug-likeness (QED) is 0.444. The largest absolute Gasteiger partial charge is 0.482 e. The third kappa shape index (κ3) is 8.55. The molecule has 2 heterocycles. The van der Waals surface area contributed by atoms with Crippen molar-refractivity contribution in [3.8, 4) is 5.75 Å². The lowest BCUT2D eigenvalue weighted by Gasteiger charge is -2.37. The van der Waals surface area contributed by atoms with Crippen LogP contribution in [-0.4, -0.2) is 86.8 Å². The molecule has 0 saturated carbocycles. The fraction of sp³-hybridized carbons (Fsp3) is 0.520. The van der Waals surface area contributed by atoms with E-state index in [9.17, 15) is 18.0 Å². The molecule has 1 aliphatic heterocycles. The first kappa shape index (κ1) is 29.7. The molecule has 1 fully saturated rings. The molecule has 0 aliphatic carbocycles. The number of nitrogens with zero attached hydrogens (tertiary/aromatic N) is 4. The Hall–Kier alpha value is -2.53. The molecule has 0 radical (unpaired) electrons. The van der Waals surface area contributed by atoms with Crippen LogP contribution >= 0.6 is 17.0 Å². The molecule has 1 amide bonds. The van der Waals surface area contributed by atoms with Crippen LogP contribution in [-0.2, 0) is 0 Å². The third-order valence-corrected chi connectivity index (χ3v) is 5.82. The number of ether oxygens (including phenoxy) is 1. The number of aromatic nitrogens is 1. The summed E-state index contributed by atoms with van der Waals surface area (Å²) >= 11 is 0. The molecular formula is C25H35BrF3N5O2. The van der Waals surface area contributed by atoms with Gasteiger partial charge in [0.25, 0.3) is 5.91 Å². The van der Waals surface area contributed by atoms with Crippen molar-refractivity contribution in [3.05, 3.63) is 47.2 Å². The van der Waals surface area contributed by atoms with Crippen LogP contribution in [0.15, 0.2) is 30.5 Å². The molecule has 200 valence electrons. The Balaban J connectivity index is 0.00000456. The third-order valence-electron chi connectivity index (χ3n) is 5.82. The van der Waals surface area contributed by atoms with Gasteiger partial charge in [-0.2, -0.15) is 13.2 Å². The van der Waals surface area contributed by atoms with Crippen molar-refractivity contribution in [2.75, 3.05) is 70.2 Å². The van der Waals surface area contributed by atoms with Crippen molar-refractivity contribution in [1.82, 2.24) is 14.8 Å². The van der Waals surface area contributed by atoms with Crippen LogP contribution in [0.25, 0.3) is 0 Å². The average Bonchev–Trinajstić information content (AvgIpc) is 2.81. The fourth-order valence-corrected chi connectivity index (χ4v) is 3.99. The second kappa shape index (κ2) is 13.1. The topological polar surface area (TPSA) is 60.9 Å². The molecule has 36 heavy (non-hydrogen) atoms. The predicted molar refractivity (Wildman–Crippen MR) is 142 cm³/mol. The number of halogens is 4.